The molecule has 0 amide bonds. The van der Waals surface area contributed by atoms with Crippen LogP contribution in [0, 0.1) is 5.82 Å². The lowest BCUT2D eigenvalue weighted by Gasteiger charge is -2.23. The van der Waals surface area contributed by atoms with Gasteiger partial charge in [0, 0.05) is 12.6 Å². The van der Waals surface area contributed by atoms with Crippen LogP contribution in [0.5, 0.6) is 0 Å². The summed E-state index contributed by atoms with van der Waals surface area (Å²) >= 11 is 5.68. The second-order valence-electron chi connectivity index (χ2n) is 4.77. The Bertz CT molecular complexity index is 497. The summed E-state index contributed by atoms with van der Waals surface area (Å²) in [4.78, 5) is 11.4. The van der Waals surface area contributed by atoms with Crippen molar-refractivity contribution in [2.75, 3.05) is 13.7 Å². The fourth-order valence-corrected chi connectivity index (χ4v) is 2.46. The van der Waals surface area contributed by atoms with Crippen LogP contribution < -0.4 is 5.32 Å². The normalized spacial score (nSPS) is 23.6. The average molecular weight is 302 g/mol. The molecule has 3 atom stereocenters. The van der Waals surface area contributed by atoms with Crippen molar-refractivity contribution in [1.29, 1.82) is 0 Å². The molecular formula is C14H17ClFNO3. The van der Waals surface area contributed by atoms with E-state index < -0.39 is 11.9 Å². The minimum atomic E-state index is -0.473. The monoisotopic (exact) mass is 301 g/mol. The van der Waals surface area contributed by atoms with Gasteiger partial charge in [-0.05, 0) is 31.0 Å². The molecule has 20 heavy (non-hydrogen) atoms. The standard InChI is InChI=1S/C14H17ClFNO3/c1-8(14(18)19-2)17-12-5-6-20-13(12)9-3-4-10(15)11(16)7-9/h3-4,7-8,12-13,17H,5-6H2,1-2H3/t8-,12-,13+/m0/s1. The molecule has 0 aromatic heterocycles. The number of carbonyl (C=O) groups excluding carboxylic acids is 1. The fourth-order valence-electron chi connectivity index (χ4n) is 2.34. The number of methoxy groups -OCH3 is 1. The van der Waals surface area contributed by atoms with E-state index in [4.69, 9.17) is 16.3 Å². The van der Waals surface area contributed by atoms with E-state index in [0.29, 0.717) is 12.2 Å². The third-order valence-corrected chi connectivity index (χ3v) is 3.69. The van der Waals surface area contributed by atoms with Gasteiger partial charge in [0.25, 0.3) is 0 Å². The lowest BCUT2D eigenvalue weighted by Crippen LogP contribution is -2.43. The van der Waals surface area contributed by atoms with Crippen LogP contribution in [0.25, 0.3) is 0 Å². The predicted molar refractivity (Wildman–Crippen MR) is 73.1 cm³/mol. The van der Waals surface area contributed by atoms with E-state index in [9.17, 15) is 9.18 Å². The predicted octanol–water partition coefficient (Wildman–Crippen LogP) is 2.46. The highest BCUT2D eigenvalue weighted by atomic mass is 35.5. The number of halogens is 2. The molecule has 2 rings (SSSR count). The number of nitrogens with one attached hydrogen (secondary N) is 1. The van der Waals surface area contributed by atoms with Crippen LogP contribution in [-0.4, -0.2) is 31.8 Å². The molecule has 4 nitrogen and oxygen atoms in total. The van der Waals surface area contributed by atoms with Gasteiger partial charge < -0.3 is 9.47 Å². The quantitative estimate of drug-likeness (QED) is 0.868. The molecule has 1 aliphatic rings. The van der Waals surface area contributed by atoms with E-state index in [1.807, 2.05) is 0 Å². The first kappa shape index (κ1) is 15.2. The highest BCUT2D eigenvalue weighted by Crippen LogP contribution is 2.31. The van der Waals surface area contributed by atoms with E-state index in [-0.39, 0.29) is 23.1 Å². The van der Waals surface area contributed by atoms with Crippen LogP contribution in [0.2, 0.25) is 5.02 Å². The summed E-state index contributed by atoms with van der Waals surface area (Å²) in [5.41, 5.74) is 0.707. The Kier molecular flexibility index (Phi) is 4.96. The third kappa shape index (κ3) is 3.29. The van der Waals surface area contributed by atoms with E-state index in [0.717, 1.165) is 6.42 Å². The van der Waals surface area contributed by atoms with Crippen LogP contribution in [0.4, 0.5) is 4.39 Å². The van der Waals surface area contributed by atoms with E-state index in [1.165, 1.54) is 19.2 Å². The van der Waals surface area contributed by atoms with Crippen molar-refractivity contribution >= 4 is 17.6 Å². The van der Waals surface area contributed by atoms with Crippen LogP contribution in [0.1, 0.15) is 25.0 Å². The Morgan fingerprint density at radius 2 is 2.35 bits per heavy atom. The lowest BCUT2D eigenvalue weighted by molar-refractivity contribution is -0.142. The van der Waals surface area contributed by atoms with Gasteiger partial charge in [-0.2, -0.15) is 0 Å². The second-order valence-corrected chi connectivity index (χ2v) is 5.18. The zero-order valence-electron chi connectivity index (χ0n) is 11.4. The minimum Gasteiger partial charge on any atom is -0.468 e. The maximum absolute atomic E-state index is 13.5. The molecule has 1 saturated heterocycles. The summed E-state index contributed by atoms with van der Waals surface area (Å²) in [5.74, 6) is -0.808. The molecule has 0 saturated carbocycles. The van der Waals surface area contributed by atoms with Gasteiger partial charge in [-0.3, -0.25) is 10.1 Å². The third-order valence-electron chi connectivity index (χ3n) is 3.38. The van der Waals surface area contributed by atoms with Crippen molar-refractivity contribution in [2.45, 2.75) is 31.5 Å². The Hall–Kier alpha value is -1.17. The Labute approximate surface area is 122 Å². The number of hydrogen-bond donors (Lipinski definition) is 1. The molecule has 1 aliphatic heterocycles. The summed E-state index contributed by atoms with van der Waals surface area (Å²) in [7, 11) is 1.34. The van der Waals surface area contributed by atoms with Crippen molar-refractivity contribution in [1.82, 2.24) is 5.32 Å². The number of hydrogen-bond acceptors (Lipinski definition) is 4. The van der Waals surface area contributed by atoms with Gasteiger partial charge in [0.05, 0.1) is 18.2 Å². The topological polar surface area (TPSA) is 47.6 Å². The first-order chi connectivity index (χ1) is 9.52. The van der Waals surface area contributed by atoms with E-state index >= 15 is 0 Å². The average Bonchev–Trinajstić information content (AvgIpc) is 2.89. The van der Waals surface area contributed by atoms with Crippen LogP contribution in [-0.2, 0) is 14.3 Å². The summed E-state index contributed by atoms with van der Waals surface area (Å²) < 4.78 is 23.8. The van der Waals surface area contributed by atoms with Gasteiger partial charge in [0.1, 0.15) is 11.9 Å². The largest absolute Gasteiger partial charge is 0.468 e. The van der Waals surface area contributed by atoms with Gasteiger partial charge >= 0.3 is 5.97 Å². The summed E-state index contributed by atoms with van der Waals surface area (Å²) in [6.45, 7) is 2.28. The van der Waals surface area contributed by atoms with Crippen molar-refractivity contribution in [3.8, 4) is 0 Å². The number of carbonyl (C=O) groups is 1. The molecule has 6 heteroatoms. The highest BCUT2D eigenvalue weighted by Gasteiger charge is 2.32. The minimum absolute atomic E-state index is 0.0651. The molecule has 1 fully saturated rings. The highest BCUT2D eigenvalue weighted by molar-refractivity contribution is 6.30. The molecule has 0 aliphatic carbocycles. The van der Waals surface area contributed by atoms with Crippen LogP contribution in [0.15, 0.2) is 18.2 Å². The van der Waals surface area contributed by atoms with Crippen molar-refractivity contribution in [3.63, 3.8) is 0 Å². The van der Waals surface area contributed by atoms with E-state index in [2.05, 4.69) is 10.1 Å². The van der Waals surface area contributed by atoms with Crippen molar-refractivity contribution in [2.24, 2.45) is 0 Å². The molecule has 0 bridgehead atoms. The maximum Gasteiger partial charge on any atom is 0.322 e. The summed E-state index contributed by atoms with van der Waals surface area (Å²) in [6, 6.07) is 4.11. The first-order valence-corrected chi connectivity index (χ1v) is 6.81. The molecule has 0 unspecified atom stereocenters. The Morgan fingerprint density at radius 1 is 1.60 bits per heavy atom. The van der Waals surface area contributed by atoms with Gasteiger partial charge in [0.2, 0.25) is 0 Å². The molecule has 1 aromatic rings. The van der Waals surface area contributed by atoms with Gasteiger partial charge in [-0.1, -0.05) is 17.7 Å². The molecule has 1 N–H and O–H groups in total. The Morgan fingerprint density at radius 3 is 3.00 bits per heavy atom. The smallest absolute Gasteiger partial charge is 0.322 e. The number of esters is 1. The lowest BCUT2D eigenvalue weighted by atomic mass is 10.0. The molecular weight excluding hydrogens is 285 g/mol. The number of rotatable bonds is 4. The number of ether oxygens (including phenoxy) is 2. The number of benzene rings is 1. The van der Waals surface area contributed by atoms with E-state index in [1.54, 1.807) is 13.0 Å². The second kappa shape index (κ2) is 6.52. The van der Waals surface area contributed by atoms with Gasteiger partial charge in [0.15, 0.2) is 0 Å². The molecule has 1 aromatic carbocycles. The molecule has 0 spiro atoms. The first-order valence-electron chi connectivity index (χ1n) is 6.43. The molecule has 110 valence electrons. The molecule has 0 radical (unpaired) electrons. The van der Waals surface area contributed by atoms with Crippen molar-refractivity contribution in [3.05, 3.63) is 34.6 Å². The zero-order valence-corrected chi connectivity index (χ0v) is 12.1. The molecule has 1 heterocycles. The fraction of sp³-hybridized carbons (Fsp3) is 0.500. The SMILES string of the molecule is COC(=O)[C@H](C)N[C@H]1CCO[C@@H]1c1ccc(Cl)c(F)c1. The van der Waals surface area contributed by atoms with Gasteiger partial charge in [-0.25, -0.2) is 4.39 Å². The van der Waals surface area contributed by atoms with Crippen LogP contribution in [0.3, 0.4) is 0 Å². The van der Waals surface area contributed by atoms with Crippen LogP contribution >= 0.6 is 11.6 Å². The summed E-state index contributed by atoms with van der Waals surface area (Å²) in [6.07, 6.45) is 0.449. The Balaban J connectivity index is 2.10. The van der Waals surface area contributed by atoms with Crippen molar-refractivity contribution < 1.29 is 18.7 Å². The summed E-state index contributed by atoms with van der Waals surface area (Å²) in [5, 5.41) is 3.24. The maximum atomic E-state index is 13.5. The zero-order chi connectivity index (χ0) is 14.7. The van der Waals surface area contributed by atoms with Gasteiger partial charge in [-0.15, -0.1) is 0 Å².